The first-order valence-electron chi connectivity index (χ1n) is 9.38. The fourth-order valence-corrected chi connectivity index (χ4v) is 4.25. The zero-order chi connectivity index (χ0) is 21.3. The predicted molar refractivity (Wildman–Crippen MR) is 124 cm³/mol. The number of anilines is 1. The summed E-state index contributed by atoms with van der Waals surface area (Å²) in [4.78, 5) is 33.9. The minimum Gasteiger partial charge on any atom is -0.302 e. The smallest absolute Gasteiger partial charge is 0.261 e. The van der Waals surface area contributed by atoms with E-state index in [9.17, 15) is 9.59 Å². The summed E-state index contributed by atoms with van der Waals surface area (Å²) in [7, 11) is 0. The lowest BCUT2D eigenvalue weighted by Crippen LogP contribution is -2.23. The van der Waals surface area contributed by atoms with Crippen LogP contribution in [-0.4, -0.2) is 20.4 Å². The number of rotatable bonds is 5. The third-order valence-corrected chi connectivity index (χ3v) is 6.04. The van der Waals surface area contributed by atoms with Crippen LogP contribution in [0.15, 0.2) is 57.4 Å². The lowest BCUT2D eigenvalue weighted by Gasteiger charge is -2.07. The predicted octanol–water partition coefficient (Wildman–Crippen LogP) is 4.93. The minimum absolute atomic E-state index is 0.152. The highest BCUT2D eigenvalue weighted by atomic mass is 79.9. The SMILES string of the molecule is Cc1ccc(C)c(-c2csc(NC(=O)CCn3cnc4ccc(Br)cc4c3=O)n2)c1. The van der Waals surface area contributed by atoms with Gasteiger partial charge in [-0.05, 0) is 43.7 Å². The van der Waals surface area contributed by atoms with E-state index in [4.69, 9.17) is 0 Å². The molecule has 0 radical (unpaired) electrons. The maximum absolute atomic E-state index is 12.6. The van der Waals surface area contributed by atoms with Gasteiger partial charge in [0.05, 0.1) is 22.9 Å². The molecular formula is C22H19BrN4O2S. The minimum atomic E-state index is -0.196. The van der Waals surface area contributed by atoms with Gasteiger partial charge in [-0.15, -0.1) is 11.3 Å². The normalized spacial score (nSPS) is 11.0. The fraction of sp³-hybridized carbons (Fsp3) is 0.182. The van der Waals surface area contributed by atoms with Crippen LogP contribution >= 0.6 is 27.3 Å². The highest BCUT2D eigenvalue weighted by Crippen LogP contribution is 2.28. The molecule has 8 heteroatoms. The summed E-state index contributed by atoms with van der Waals surface area (Å²) >= 11 is 4.76. The van der Waals surface area contributed by atoms with Crippen LogP contribution < -0.4 is 10.9 Å². The Morgan fingerprint density at radius 2 is 2.03 bits per heavy atom. The van der Waals surface area contributed by atoms with Crippen LogP contribution in [0.25, 0.3) is 22.2 Å². The Balaban J connectivity index is 1.44. The van der Waals surface area contributed by atoms with Crippen LogP contribution in [0.1, 0.15) is 17.5 Å². The van der Waals surface area contributed by atoms with Gasteiger partial charge in [0.15, 0.2) is 5.13 Å². The Labute approximate surface area is 185 Å². The lowest BCUT2D eigenvalue weighted by molar-refractivity contribution is -0.116. The molecule has 2 aromatic carbocycles. The summed E-state index contributed by atoms with van der Waals surface area (Å²) in [6, 6.07) is 11.6. The van der Waals surface area contributed by atoms with Crippen LogP contribution in [0.5, 0.6) is 0 Å². The number of thiazole rings is 1. The topological polar surface area (TPSA) is 76.9 Å². The summed E-state index contributed by atoms with van der Waals surface area (Å²) in [6.07, 6.45) is 1.63. The van der Waals surface area contributed by atoms with Crippen molar-refractivity contribution >= 4 is 49.2 Å². The summed E-state index contributed by atoms with van der Waals surface area (Å²) < 4.78 is 2.27. The molecule has 0 aliphatic heterocycles. The van der Waals surface area contributed by atoms with Gasteiger partial charge in [-0.1, -0.05) is 33.6 Å². The van der Waals surface area contributed by atoms with Gasteiger partial charge in [0.2, 0.25) is 5.91 Å². The van der Waals surface area contributed by atoms with E-state index in [2.05, 4.69) is 49.4 Å². The second-order valence-corrected chi connectivity index (χ2v) is 8.83. The molecule has 0 saturated carbocycles. The fourth-order valence-electron chi connectivity index (χ4n) is 3.16. The van der Waals surface area contributed by atoms with Crippen molar-refractivity contribution in [1.29, 1.82) is 0 Å². The van der Waals surface area contributed by atoms with Crippen molar-refractivity contribution in [3.05, 3.63) is 74.1 Å². The number of benzene rings is 2. The molecule has 30 heavy (non-hydrogen) atoms. The van der Waals surface area contributed by atoms with E-state index in [0.717, 1.165) is 26.9 Å². The van der Waals surface area contributed by atoms with Crippen LogP contribution in [-0.2, 0) is 11.3 Å². The Kier molecular flexibility index (Phi) is 5.78. The Morgan fingerprint density at radius 1 is 1.20 bits per heavy atom. The molecule has 2 heterocycles. The number of fused-ring (bicyclic) bond motifs is 1. The third-order valence-electron chi connectivity index (χ3n) is 4.79. The van der Waals surface area contributed by atoms with Gasteiger partial charge >= 0.3 is 0 Å². The van der Waals surface area contributed by atoms with Crippen molar-refractivity contribution in [2.75, 3.05) is 5.32 Å². The number of hydrogen-bond donors (Lipinski definition) is 1. The molecular weight excluding hydrogens is 464 g/mol. The molecule has 0 bridgehead atoms. The number of aromatic nitrogens is 3. The van der Waals surface area contributed by atoms with Crippen molar-refractivity contribution < 1.29 is 4.79 Å². The van der Waals surface area contributed by atoms with E-state index >= 15 is 0 Å². The molecule has 0 aliphatic carbocycles. The van der Waals surface area contributed by atoms with Crippen LogP contribution in [0, 0.1) is 13.8 Å². The summed E-state index contributed by atoms with van der Waals surface area (Å²) in [5.74, 6) is -0.196. The number of nitrogens with zero attached hydrogens (tertiary/aromatic N) is 3. The zero-order valence-electron chi connectivity index (χ0n) is 16.5. The van der Waals surface area contributed by atoms with Gasteiger partial charge in [0, 0.05) is 28.4 Å². The first-order chi connectivity index (χ1) is 14.4. The van der Waals surface area contributed by atoms with Crippen LogP contribution in [0.3, 0.4) is 0 Å². The van der Waals surface area contributed by atoms with E-state index < -0.39 is 0 Å². The summed E-state index contributed by atoms with van der Waals surface area (Å²) in [5, 5.41) is 5.83. The largest absolute Gasteiger partial charge is 0.302 e. The molecule has 6 nitrogen and oxygen atoms in total. The summed E-state index contributed by atoms with van der Waals surface area (Å²) in [6.45, 7) is 4.33. The number of carbonyl (C=O) groups excluding carboxylic acids is 1. The highest BCUT2D eigenvalue weighted by molar-refractivity contribution is 9.10. The number of halogens is 1. The van der Waals surface area contributed by atoms with Gasteiger partial charge < -0.3 is 5.32 Å². The molecule has 0 spiro atoms. The number of amides is 1. The second-order valence-electron chi connectivity index (χ2n) is 7.06. The first-order valence-corrected chi connectivity index (χ1v) is 11.1. The third kappa shape index (κ3) is 4.34. The molecule has 152 valence electrons. The Hall–Kier alpha value is -2.84. The van der Waals surface area contributed by atoms with Crippen molar-refractivity contribution in [1.82, 2.24) is 14.5 Å². The number of nitrogens with one attached hydrogen (secondary N) is 1. The lowest BCUT2D eigenvalue weighted by atomic mass is 10.0. The number of aryl methyl sites for hydroxylation is 3. The second kappa shape index (κ2) is 8.49. The maximum atomic E-state index is 12.6. The standard InChI is InChI=1S/C22H19BrN4O2S/c1-13-3-4-14(2)16(9-13)19-11-30-22(25-19)26-20(28)7-8-27-12-24-18-6-5-15(23)10-17(18)21(27)29/h3-6,9-12H,7-8H2,1-2H3,(H,25,26,28). The number of carbonyl (C=O) groups is 1. The van der Waals surface area contributed by atoms with Crippen molar-refractivity contribution in [3.8, 4) is 11.3 Å². The van der Waals surface area contributed by atoms with Gasteiger partial charge in [-0.3, -0.25) is 14.2 Å². The molecule has 0 unspecified atom stereocenters. The van der Waals surface area contributed by atoms with Gasteiger partial charge in [0.1, 0.15) is 0 Å². The highest BCUT2D eigenvalue weighted by Gasteiger charge is 2.11. The molecule has 2 aromatic heterocycles. The molecule has 4 aromatic rings. The average molecular weight is 483 g/mol. The van der Waals surface area contributed by atoms with Crippen LogP contribution in [0.4, 0.5) is 5.13 Å². The van der Waals surface area contributed by atoms with Gasteiger partial charge in [-0.2, -0.15) is 0 Å². The first kappa shape index (κ1) is 20.4. The van der Waals surface area contributed by atoms with E-state index in [-0.39, 0.29) is 24.4 Å². The van der Waals surface area contributed by atoms with E-state index in [1.54, 1.807) is 12.1 Å². The molecule has 1 amide bonds. The van der Waals surface area contributed by atoms with Crippen molar-refractivity contribution in [3.63, 3.8) is 0 Å². The maximum Gasteiger partial charge on any atom is 0.261 e. The van der Waals surface area contributed by atoms with Gasteiger partial charge in [-0.25, -0.2) is 9.97 Å². The van der Waals surface area contributed by atoms with Crippen molar-refractivity contribution in [2.45, 2.75) is 26.8 Å². The number of hydrogen-bond acceptors (Lipinski definition) is 5. The zero-order valence-corrected chi connectivity index (χ0v) is 18.9. The van der Waals surface area contributed by atoms with Gasteiger partial charge in [0.25, 0.3) is 5.56 Å². The van der Waals surface area contributed by atoms with Crippen molar-refractivity contribution in [2.24, 2.45) is 0 Å². The van der Waals surface area contributed by atoms with E-state index in [1.165, 1.54) is 22.2 Å². The Morgan fingerprint density at radius 3 is 2.87 bits per heavy atom. The molecule has 0 atom stereocenters. The molecule has 0 aliphatic rings. The molecule has 4 rings (SSSR count). The molecule has 1 N–H and O–H groups in total. The van der Waals surface area contributed by atoms with E-state index in [0.29, 0.717) is 16.0 Å². The monoisotopic (exact) mass is 482 g/mol. The Bertz CT molecular complexity index is 1310. The molecule has 0 saturated heterocycles. The average Bonchev–Trinajstić information content (AvgIpc) is 3.18. The van der Waals surface area contributed by atoms with E-state index in [1.807, 2.05) is 25.3 Å². The molecule has 0 fully saturated rings. The summed E-state index contributed by atoms with van der Waals surface area (Å²) in [5.41, 5.74) is 4.67. The van der Waals surface area contributed by atoms with Crippen LogP contribution in [0.2, 0.25) is 0 Å². The quantitative estimate of drug-likeness (QED) is 0.437.